The van der Waals surface area contributed by atoms with Crippen molar-refractivity contribution in [1.29, 1.82) is 0 Å². The zero-order chi connectivity index (χ0) is 12.1. The summed E-state index contributed by atoms with van der Waals surface area (Å²) >= 11 is 0. The summed E-state index contributed by atoms with van der Waals surface area (Å²) < 4.78 is 23.6. The van der Waals surface area contributed by atoms with Gasteiger partial charge in [-0.15, -0.1) is 0 Å². The quantitative estimate of drug-likeness (QED) is 0.779. The maximum atomic E-state index is 12.8. The molecule has 0 aromatic heterocycles. The molecule has 1 unspecified atom stereocenters. The molecule has 0 heterocycles. The first-order valence-electron chi connectivity index (χ1n) is 4.64. The van der Waals surface area contributed by atoms with Crippen LogP contribution in [0, 0.1) is 5.82 Å². The minimum atomic E-state index is -0.998. The van der Waals surface area contributed by atoms with Crippen LogP contribution in [0.2, 0.25) is 0 Å². The molecule has 88 valence electrons. The van der Waals surface area contributed by atoms with Crippen molar-refractivity contribution < 1.29 is 13.4 Å². The van der Waals surface area contributed by atoms with Crippen LogP contribution in [0.3, 0.4) is 0 Å². The van der Waals surface area contributed by atoms with Crippen LogP contribution >= 0.6 is 0 Å². The van der Waals surface area contributed by atoms with Crippen molar-refractivity contribution in [1.82, 2.24) is 0 Å². The molecule has 1 rings (SSSR count). The number of carbonyl (C=O) groups is 1. The van der Waals surface area contributed by atoms with Crippen LogP contribution in [-0.4, -0.2) is 22.1 Å². The van der Waals surface area contributed by atoms with E-state index in [1.54, 1.807) is 0 Å². The third-order valence-electron chi connectivity index (χ3n) is 1.90. The van der Waals surface area contributed by atoms with E-state index in [0.717, 1.165) is 0 Å². The van der Waals surface area contributed by atoms with Crippen LogP contribution in [-0.2, 0) is 15.6 Å². The second kappa shape index (κ2) is 5.60. The normalized spacial score (nSPS) is 12.1. The summed E-state index contributed by atoms with van der Waals surface area (Å²) in [7, 11) is -0.998. The van der Waals surface area contributed by atoms with Crippen LogP contribution in [0.4, 0.5) is 15.8 Å². The second-order valence-electron chi connectivity index (χ2n) is 3.31. The largest absolute Gasteiger partial charge is 0.396 e. The molecule has 0 fully saturated rings. The number of nitrogens with one attached hydrogen (secondary N) is 1. The molecular formula is C10H13FN2O2S. The Morgan fingerprint density at radius 1 is 1.56 bits per heavy atom. The fraction of sp³-hybridized carbons (Fsp3) is 0.300. The Balaban J connectivity index is 2.56. The lowest BCUT2D eigenvalue weighted by Crippen LogP contribution is -2.14. The van der Waals surface area contributed by atoms with E-state index in [0.29, 0.717) is 11.4 Å². The van der Waals surface area contributed by atoms with Gasteiger partial charge in [0.2, 0.25) is 5.91 Å². The van der Waals surface area contributed by atoms with Gasteiger partial charge in [0.1, 0.15) is 5.82 Å². The summed E-state index contributed by atoms with van der Waals surface area (Å²) in [4.78, 5) is 11.3. The lowest BCUT2D eigenvalue weighted by molar-refractivity contribution is -0.115. The average Bonchev–Trinajstić information content (AvgIpc) is 2.21. The first-order valence-corrected chi connectivity index (χ1v) is 6.36. The van der Waals surface area contributed by atoms with E-state index in [-0.39, 0.29) is 18.0 Å². The van der Waals surface area contributed by atoms with Crippen LogP contribution in [0.1, 0.15) is 6.42 Å². The van der Waals surface area contributed by atoms with Gasteiger partial charge in [0, 0.05) is 34.9 Å². The zero-order valence-electron chi connectivity index (χ0n) is 8.83. The van der Waals surface area contributed by atoms with Crippen LogP contribution < -0.4 is 11.1 Å². The summed E-state index contributed by atoms with van der Waals surface area (Å²) in [5.41, 5.74) is 5.76. The molecule has 0 spiro atoms. The number of nitrogens with two attached hydrogens (primary N) is 1. The summed E-state index contributed by atoms with van der Waals surface area (Å²) in [6, 6.07) is 3.95. The maximum absolute atomic E-state index is 12.8. The predicted molar refractivity (Wildman–Crippen MR) is 63.0 cm³/mol. The number of nitrogen functional groups attached to an aromatic ring is 1. The zero-order valence-corrected chi connectivity index (χ0v) is 9.64. The number of anilines is 2. The van der Waals surface area contributed by atoms with Gasteiger partial charge in [-0.25, -0.2) is 4.39 Å². The average molecular weight is 244 g/mol. The number of hydrogen-bond acceptors (Lipinski definition) is 3. The number of carbonyl (C=O) groups excluding carboxylic acids is 1. The highest BCUT2D eigenvalue weighted by Crippen LogP contribution is 2.16. The summed E-state index contributed by atoms with van der Waals surface area (Å²) in [5.74, 6) is -0.475. The molecule has 1 aromatic carbocycles. The van der Waals surface area contributed by atoms with E-state index in [2.05, 4.69) is 5.32 Å². The molecule has 1 amide bonds. The van der Waals surface area contributed by atoms with Crippen LogP contribution in [0.15, 0.2) is 18.2 Å². The molecule has 4 nitrogen and oxygen atoms in total. The summed E-state index contributed by atoms with van der Waals surface area (Å²) in [6.07, 6.45) is 1.70. The van der Waals surface area contributed by atoms with Crippen molar-refractivity contribution in [3.63, 3.8) is 0 Å². The Hall–Kier alpha value is -1.43. The van der Waals surface area contributed by atoms with Gasteiger partial charge in [-0.3, -0.25) is 9.00 Å². The number of rotatable bonds is 4. The molecular weight excluding hydrogens is 231 g/mol. The van der Waals surface area contributed by atoms with E-state index in [1.165, 1.54) is 24.5 Å². The number of halogens is 1. The molecule has 1 atom stereocenters. The maximum Gasteiger partial charge on any atom is 0.225 e. The molecule has 1 aromatic rings. The number of amides is 1. The van der Waals surface area contributed by atoms with Crippen molar-refractivity contribution in [2.45, 2.75) is 6.42 Å². The molecule has 0 aliphatic rings. The number of hydrogen-bond donors (Lipinski definition) is 2. The van der Waals surface area contributed by atoms with Crippen molar-refractivity contribution >= 4 is 28.1 Å². The van der Waals surface area contributed by atoms with E-state index in [4.69, 9.17) is 5.73 Å². The van der Waals surface area contributed by atoms with Gasteiger partial charge in [-0.2, -0.15) is 0 Å². The monoisotopic (exact) mass is 244 g/mol. The van der Waals surface area contributed by atoms with E-state index < -0.39 is 16.6 Å². The summed E-state index contributed by atoms with van der Waals surface area (Å²) in [5, 5.41) is 2.55. The van der Waals surface area contributed by atoms with Crippen LogP contribution in [0.25, 0.3) is 0 Å². The minimum Gasteiger partial charge on any atom is -0.396 e. The lowest BCUT2D eigenvalue weighted by Gasteiger charge is -2.05. The third-order valence-corrected chi connectivity index (χ3v) is 2.68. The SMILES string of the molecule is CS(=O)CCC(=O)Nc1ccc(F)c(N)c1. The number of benzene rings is 1. The molecule has 0 bridgehead atoms. The predicted octanol–water partition coefficient (Wildman–Crippen LogP) is 1.11. The lowest BCUT2D eigenvalue weighted by atomic mass is 10.2. The fourth-order valence-corrected chi connectivity index (χ4v) is 1.55. The molecule has 0 aliphatic carbocycles. The van der Waals surface area contributed by atoms with Crippen molar-refractivity contribution in [3.8, 4) is 0 Å². The fourth-order valence-electron chi connectivity index (χ4n) is 1.08. The molecule has 0 saturated carbocycles. The van der Waals surface area contributed by atoms with Gasteiger partial charge >= 0.3 is 0 Å². The first-order chi connectivity index (χ1) is 7.49. The van der Waals surface area contributed by atoms with Gasteiger partial charge in [0.15, 0.2) is 0 Å². The van der Waals surface area contributed by atoms with Gasteiger partial charge in [0.05, 0.1) is 5.69 Å². The standard InChI is InChI=1S/C10H13FN2O2S/c1-16(15)5-4-10(14)13-7-2-3-8(11)9(12)6-7/h2-3,6H,4-5,12H2,1H3,(H,13,14). The highest BCUT2D eigenvalue weighted by atomic mass is 32.2. The second-order valence-corrected chi connectivity index (χ2v) is 4.87. The van der Waals surface area contributed by atoms with Crippen molar-refractivity contribution in [3.05, 3.63) is 24.0 Å². The highest BCUT2D eigenvalue weighted by Gasteiger charge is 2.05. The summed E-state index contributed by atoms with van der Waals surface area (Å²) in [6.45, 7) is 0. The topological polar surface area (TPSA) is 72.2 Å². The Morgan fingerprint density at radius 2 is 2.25 bits per heavy atom. The van der Waals surface area contributed by atoms with Gasteiger partial charge in [-0.05, 0) is 18.2 Å². The van der Waals surface area contributed by atoms with Crippen LogP contribution in [0.5, 0.6) is 0 Å². The molecule has 0 aliphatic heterocycles. The van der Waals surface area contributed by atoms with E-state index in [9.17, 15) is 13.4 Å². The van der Waals surface area contributed by atoms with Gasteiger partial charge in [0.25, 0.3) is 0 Å². The van der Waals surface area contributed by atoms with E-state index >= 15 is 0 Å². The molecule has 6 heteroatoms. The molecule has 3 N–H and O–H groups in total. The van der Waals surface area contributed by atoms with Crippen molar-refractivity contribution in [2.75, 3.05) is 23.1 Å². The molecule has 16 heavy (non-hydrogen) atoms. The van der Waals surface area contributed by atoms with Crippen molar-refractivity contribution in [2.24, 2.45) is 0 Å². The Morgan fingerprint density at radius 3 is 2.81 bits per heavy atom. The van der Waals surface area contributed by atoms with Gasteiger partial charge in [-0.1, -0.05) is 0 Å². The molecule has 0 radical (unpaired) electrons. The highest BCUT2D eigenvalue weighted by molar-refractivity contribution is 7.84. The van der Waals surface area contributed by atoms with Gasteiger partial charge < -0.3 is 11.1 Å². The Bertz CT molecular complexity index is 423. The smallest absolute Gasteiger partial charge is 0.225 e. The minimum absolute atomic E-state index is 0.0168. The molecule has 0 saturated heterocycles. The Labute approximate surface area is 95.5 Å². The van der Waals surface area contributed by atoms with E-state index in [1.807, 2.05) is 0 Å². The third kappa shape index (κ3) is 3.98. The first kappa shape index (κ1) is 12.6. The Kier molecular flexibility index (Phi) is 4.42.